The third-order valence-electron chi connectivity index (χ3n) is 3.66. The van der Waals surface area contributed by atoms with E-state index in [1.54, 1.807) is 11.8 Å². The van der Waals surface area contributed by atoms with Crippen LogP contribution in [0.25, 0.3) is 0 Å². The summed E-state index contributed by atoms with van der Waals surface area (Å²) >= 11 is 1.60. The molecule has 0 spiro atoms. The minimum Gasteiger partial charge on any atom is -0.310 e. The number of hydrogen-bond donors (Lipinski definition) is 4. The van der Waals surface area contributed by atoms with Gasteiger partial charge in [0.05, 0.1) is 6.04 Å². The maximum Gasteiger partial charge on any atom is 0.297 e. The van der Waals surface area contributed by atoms with Crippen molar-refractivity contribution in [2.45, 2.75) is 49.7 Å². The first-order valence-electron chi connectivity index (χ1n) is 6.61. The molecular weight excluding hydrogens is 248 g/mol. The fourth-order valence-corrected chi connectivity index (χ4v) is 3.24. The second-order valence-electron chi connectivity index (χ2n) is 5.04. The van der Waals surface area contributed by atoms with Crippen molar-refractivity contribution in [1.82, 2.24) is 16.2 Å². The molecule has 5 N–H and O–H groups in total. The van der Waals surface area contributed by atoms with Gasteiger partial charge in [-0.05, 0) is 31.9 Å². The Morgan fingerprint density at radius 1 is 1.33 bits per heavy atom. The lowest BCUT2D eigenvalue weighted by molar-refractivity contribution is -0.744. The number of nitrogens with one attached hydrogen (secondary N) is 3. The number of quaternary nitrogens is 1. The average Bonchev–Trinajstić information content (AvgIpc) is 2.63. The van der Waals surface area contributed by atoms with Gasteiger partial charge in [-0.1, -0.05) is 31.2 Å². The lowest BCUT2D eigenvalue weighted by Gasteiger charge is -2.37. The number of carbonyl (C=O) groups excluding carboxylic acids is 1. The van der Waals surface area contributed by atoms with Crippen molar-refractivity contribution in [3.05, 3.63) is 12.3 Å². The molecule has 0 bridgehead atoms. The molecule has 2 aliphatic rings. The van der Waals surface area contributed by atoms with Gasteiger partial charge in [0, 0.05) is 0 Å². The van der Waals surface area contributed by atoms with E-state index < -0.39 is 5.12 Å². The molecule has 1 amide bonds. The van der Waals surface area contributed by atoms with Gasteiger partial charge in [-0.2, -0.15) is 5.43 Å². The summed E-state index contributed by atoms with van der Waals surface area (Å²) in [5, 5.41) is 4.74. The molecule has 6 heteroatoms. The monoisotopic (exact) mass is 271 g/mol. The van der Waals surface area contributed by atoms with Crippen LogP contribution in [0.3, 0.4) is 0 Å². The molecule has 0 unspecified atom stereocenters. The summed E-state index contributed by atoms with van der Waals surface area (Å²) in [7, 11) is 0. The zero-order valence-electron chi connectivity index (χ0n) is 10.9. The van der Waals surface area contributed by atoms with Crippen LogP contribution in [0, 0.1) is 0 Å². The minimum absolute atomic E-state index is 0.132. The Kier molecular flexibility index (Phi) is 4.53. The van der Waals surface area contributed by atoms with Crippen LogP contribution in [-0.4, -0.2) is 23.3 Å². The summed E-state index contributed by atoms with van der Waals surface area (Å²) in [6.45, 7) is 3.65. The second kappa shape index (κ2) is 5.95. The highest BCUT2D eigenvalue weighted by Gasteiger charge is 2.41. The third kappa shape index (κ3) is 3.18. The quantitative estimate of drug-likeness (QED) is 0.331. The highest BCUT2D eigenvalue weighted by atomic mass is 32.2. The zero-order valence-corrected chi connectivity index (χ0v) is 11.7. The molecule has 1 heterocycles. The van der Waals surface area contributed by atoms with Crippen molar-refractivity contribution in [1.29, 1.82) is 0 Å². The van der Waals surface area contributed by atoms with Gasteiger partial charge >= 0.3 is 0 Å². The molecule has 0 aromatic heterocycles. The summed E-state index contributed by atoms with van der Waals surface area (Å²) in [6, 6.07) is 0.570. The van der Waals surface area contributed by atoms with Crippen molar-refractivity contribution in [3.8, 4) is 0 Å². The normalized spacial score (nSPS) is 30.5. The lowest BCUT2D eigenvalue weighted by Crippen LogP contribution is -3.08. The molecule has 1 atom stereocenters. The Bertz CT molecular complexity index is 328. The first-order chi connectivity index (χ1) is 8.65. The molecule has 0 radical (unpaired) electrons. The van der Waals surface area contributed by atoms with E-state index in [-0.39, 0.29) is 5.91 Å². The molecule has 1 saturated carbocycles. The SMILES string of the molecule is C=C1NN[C@]([NH2+]C2CCCCCC2)(SC)NC1=O. The van der Waals surface area contributed by atoms with E-state index in [0.717, 1.165) is 0 Å². The minimum atomic E-state index is -0.507. The van der Waals surface area contributed by atoms with Gasteiger partial charge in [0.2, 0.25) is 0 Å². The lowest BCUT2D eigenvalue weighted by atomic mass is 10.1. The molecule has 1 saturated heterocycles. The highest BCUT2D eigenvalue weighted by molar-refractivity contribution is 7.99. The summed E-state index contributed by atoms with van der Waals surface area (Å²) in [4.78, 5) is 11.7. The summed E-state index contributed by atoms with van der Waals surface area (Å²) in [5.74, 6) is -0.132. The van der Waals surface area contributed by atoms with E-state index in [2.05, 4.69) is 28.1 Å². The van der Waals surface area contributed by atoms with Gasteiger partial charge in [-0.3, -0.25) is 15.4 Å². The van der Waals surface area contributed by atoms with Gasteiger partial charge in [0.1, 0.15) is 5.70 Å². The number of hydrogen-bond acceptors (Lipinski definition) is 4. The van der Waals surface area contributed by atoms with Gasteiger partial charge < -0.3 is 5.43 Å². The molecule has 2 fully saturated rings. The van der Waals surface area contributed by atoms with Gasteiger partial charge in [0.15, 0.2) is 0 Å². The smallest absolute Gasteiger partial charge is 0.297 e. The Morgan fingerprint density at radius 3 is 2.56 bits per heavy atom. The predicted molar refractivity (Wildman–Crippen MR) is 73.2 cm³/mol. The summed E-state index contributed by atoms with van der Waals surface area (Å²) in [5.41, 5.74) is 6.40. The van der Waals surface area contributed by atoms with Crippen LogP contribution in [0.5, 0.6) is 0 Å². The van der Waals surface area contributed by atoms with E-state index in [4.69, 9.17) is 0 Å². The average molecular weight is 271 g/mol. The van der Waals surface area contributed by atoms with Gasteiger partial charge in [0.25, 0.3) is 11.0 Å². The highest BCUT2D eigenvalue weighted by Crippen LogP contribution is 2.17. The van der Waals surface area contributed by atoms with E-state index in [9.17, 15) is 4.79 Å². The van der Waals surface area contributed by atoms with E-state index in [1.807, 2.05) is 6.26 Å². The van der Waals surface area contributed by atoms with Crippen LogP contribution in [-0.2, 0) is 4.79 Å². The van der Waals surface area contributed by atoms with Crippen LogP contribution < -0.4 is 21.5 Å². The number of nitrogens with two attached hydrogens (primary N) is 1. The van der Waals surface area contributed by atoms with E-state index >= 15 is 0 Å². The molecule has 2 rings (SSSR count). The van der Waals surface area contributed by atoms with Gasteiger partial charge in [-0.25, -0.2) is 0 Å². The number of hydrazine groups is 1. The predicted octanol–water partition coefficient (Wildman–Crippen LogP) is -0.0154. The van der Waals surface area contributed by atoms with Gasteiger partial charge in [-0.15, -0.1) is 0 Å². The fraction of sp³-hybridized carbons (Fsp3) is 0.750. The maximum atomic E-state index is 11.7. The molecule has 18 heavy (non-hydrogen) atoms. The Morgan fingerprint density at radius 2 is 2.00 bits per heavy atom. The summed E-state index contributed by atoms with van der Waals surface area (Å²) < 4.78 is 0. The first-order valence-corrected chi connectivity index (χ1v) is 7.83. The molecule has 0 aromatic rings. The summed E-state index contributed by atoms with van der Waals surface area (Å²) in [6.07, 6.45) is 9.70. The fourth-order valence-electron chi connectivity index (χ4n) is 2.56. The Labute approximate surface area is 113 Å². The molecule has 1 aliphatic carbocycles. The van der Waals surface area contributed by atoms with Crippen LogP contribution in [0.15, 0.2) is 12.3 Å². The largest absolute Gasteiger partial charge is 0.310 e. The van der Waals surface area contributed by atoms with Crippen LogP contribution >= 0.6 is 11.8 Å². The van der Waals surface area contributed by atoms with Crippen LogP contribution in [0.2, 0.25) is 0 Å². The topological polar surface area (TPSA) is 69.8 Å². The zero-order chi connectivity index (χ0) is 13.0. The van der Waals surface area contributed by atoms with Crippen molar-refractivity contribution >= 4 is 17.7 Å². The Hall–Kier alpha value is -0.720. The first kappa shape index (κ1) is 13.7. The molecule has 0 aromatic carbocycles. The Balaban J connectivity index is 1.98. The molecule has 5 nitrogen and oxygen atoms in total. The third-order valence-corrected chi connectivity index (χ3v) is 4.65. The standard InChI is InChI=1S/C12H22N4OS/c1-9-11(17)14-12(18-2,16-15-9)13-10-7-5-3-4-6-8-10/h10,13,15-16H,1,3-8H2,2H3,(H,14,17)/p+1/t12-/m1/s1. The molecule has 102 valence electrons. The second-order valence-corrected chi connectivity index (χ2v) is 6.09. The van der Waals surface area contributed by atoms with E-state index in [1.165, 1.54) is 38.5 Å². The van der Waals surface area contributed by atoms with Crippen molar-refractivity contribution < 1.29 is 10.1 Å². The van der Waals surface area contributed by atoms with Crippen molar-refractivity contribution in [2.24, 2.45) is 0 Å². The molecular formula is C12H23N4OS+. The van der Waals surface area contributed by atoms with Crippen molar-refractivity contribution in [2.75, 3.05) is 6.26 Å². The van der Waals surface area contributed by atoms with Crippen LogP contribution in [0.4, 0.5) is 0 Å². The molecule has 1 aliphatic heterocycles. The van der Waals surface area contributed by atoms with Crippen molar-refractivity contribution in [3.63, 3.8) is 0 Å². The maximum absolute atomic E-state index is 11.7. The van der Waals surface area contributed by atoms with E-state index in [0.29, 0.717) is 11.7 Å². The number of carbonyl (C=O) groups is 1. The number of rotatable bonds is 3. The van der Waals surface area contributed by atoms with Crippen LogP contribution in [0.1, 0.15) is 38.5 Å². The number of amides is 1. The number of thioether (sulfide) groups is 1.